The van der Waals surface area contributed by atoms with Gasteiger partial charge in [-0.25, -0.2) is 12.7 Å². The van der Waals surface area contributed by atoms with Crippen LogP contribution in [0.3, 0.4) is 0 Å². The van der Waals surface area contributed by atoms with Gasteiger partial charge in [0.05, 0.1) is 18.5 Å². The summed E-state index contributed by atoms with van der Waals surface area (Å²) in [5.41, 5.74) is 5.66. The maximum Gasteiger partial charge on any atom is 0.216 e. The van der Waals surface area contributed by atoms with Crippen molar-refractivity contribution in [1.82, 2.24) is 4.31 Å². The molecule has 2 N–H and O–H groups in total. The van der Waals surface area contributed by atoms with E-state index in [0.717, 1.165) is 6.42 Å². The molecule has 16 heavy (non-hydrogen) atoms. The van der Waals surface area contributed by atoms with Crippen molar-refractivity contribution in [2.45, 2.75) is 32.4 Å². The zero-order valence-electron chi connectivity index (χ0n) is 9.76. The SMILES string of the molecule is CC(C)OCCS(=O)(=O)N1CCC(N)C1.Cl. The van der Waals surface area contributed by atoms with Crippen LogP contribution in [0, 0.1) is 0 Å². The van der Waals surface area contributed by atoms with Crippen LogP contribution in [-0.4, -0.2) is 50.3 Å². The molecular formula is C9H21ClN2O3S. The van der Waals surface area contributed by atoms with E-state index in [1.807, 2.05) is 13.8 Å². The van der Waals surface area contributed by atoms with E-state index in [-0.39, 0.29) is 36.9 Å². The average Bonchev–Trinajstić information content (AvgIpc) is 2.51. The van der Waals surface area contributed by atoms with Crippen molar-refractivity contribution in [3.05, 3.63) is 0 Å². The maximum absolute atomic E-state index is 11.8. The molecule has 0 aromatic carbocycles. The summed E-state index contributed by atoms with van der Waals surface area (Å²) in [6.07, 6.45) is 0.825. The lowest BCUT2D eigenvalue weighted by atomic mass is 10.3. The summed E-state index contributed by atoms with van der Waals surface area (Å²) < 4.78 is 30.2. The molecule has 0 aliphatic carbocycles. The maximum atomic E-state index is 11.8. The minimum absolute atomic E-state index is 0. The van der Waals surface area contributed by atoms with E-state index >= 15 is 0 Å². The Morgan fingerprint density at radius 2 is 2.12 bits per heavy atom. The Labute approximate surface area is 104 Å². The number of halogens is 1. The third-order valence-electron chi connectivity index (χ3n) is 2.37. The van der Waals surface area contributed by atoms with E-state index < -0.39 is 10.0 Å². The smallest absolute Gasteiger partial charge is 0.216 e. The molecule has 0 bridgehead atoms. The first-order valence-corrected chi connectivity index (χ1v) is 6.88. The summed E-state index contributed by atoms with van der Waals surface area (Å²) >= 11 is 0. The van der Waals surface area contributed by atoms with Gasteiger partial charge in [-0.05, 0) is 20.3 Å². The Morgan fingerprint density at radius 3 is 2.56 bits per heavy atom. The van der Waals surface area contributed by atoms with Gasteiger partial charge in [-0.1, -0.05) is 0 Å². The van der Waals surface area contributed by atoms with Gasteiger partial charge in [0.15, 0.2) is 0 Å². The fraction of sp³-hybridized carbons (Fsp3) is 1.00. The highest BCUT2D eigenvalue weighted by molar-refractivity contribution is 7.89. The normalized spacial score (nSPS) is 22.4. The molecule has 1 saturated heterocycles. The molecule has 0 aromatic heterocycles. The topological polar surface area (TPSA) is 72.6 Å². The van der Waals surface area contributed by atoms with Gasteiger partial charge in [-0.3, -0.25) is 0 Å². The van der Waals surface area contributed by atoms with Crippen molar-refractivity contribution in [2.75, 3.05) is 25.4 Å². The highest BCUT2D eigenvalue weighted by Gasteiger charge is 2.29. The van der Waals surface area contributed by atoms with E-state index in [1.165, 1.54) is 4.31 Å². The Balaban J connectivity index is 0.00000225. The fourth-order valence-electron chi connectivity index (χ4n) is 1.52. The molecule has 0 radical (unpaired) electrons. The first-order valence-electron chi connectivity index (χ1n) is 5.27. The minimum Gasteiger partial charge on any atom is -0.378 e. The van der Waals surface area contributed by atoms with Crippen LogP contribution in [0.5, 0.6) is 0 Å². The first-order chi connectivity index (χ1) is 6.92. The summed E-state index contributed by atoms with van der Waals surface area (Å²) in [7, 11) is -3.16. The van der Waals surface area contributed by atoms with Crippen LogP contribution in [-0.2, 0) is 14.8 Å². The molecule has 1 rings (SSSR count). The van der Waals surface area contributed by atoms with Crippen molar-refractivity contribution in [1.29, 1.82) is 0 Å². The number of nitrogens with zero attached hydrogens (tertiary/aromatic N) is 1. The highest BCUT2D eigenvalue weighted by atomic mass is 35.5. The van der Waals surface area contributed by atoms with Gasteiger partial charge in [0.2, 0.25) is 10.0 Å². The van der Waals surface area contributed by atoms with Crippen LogP contribution in [0.15, 0.2) is 0 Å². The second-order valence-electron chi connectivity index (χ2n) is 4.14. The molecule has 1 aliphatic heterocycles. The molecule has 0 spiro atoms. The molecule has 1 heterocycles. The van der Waals surface area contributed by atoms with E-state index in [0.29, 0.717) is 13.1 Å². The van der Waals surface area contributed by atoms with Gasteiger partial charge in [-0.2, -0.15) is 0 Å². The second-order valence-corrected chi connectivity index (χ2v) is 6.23. The monoisotopic (exact) mass is 272 g/mol. The predicted molar refractivity (Wildman–Crippen MR) is 66.3 cm³/mol. The lowest BCUT2D eigenvalue weighted by Crippen LogP contribution is -2.35. The number of nitrogens with two attached hydrogens (primary N) is 1. The Bertz CT molecular complexity index is 295. The molecule has 1 fully saturated rings. The van der Waals surface area contributed by atoms with Gasteiger partial charge in [0, 0.05) is 19.1 Å². The summed E-state index contributed by atoms with van der Waals surface area (Å²) in [6.45, 7) is 5.03. The van der Waals surface area contributed by atoms with Crippen molar-refractivity contribution in [3.8, 4) is 0 Å². The number of sulfonamides is 1. The summed E-state index contributed by atoms with van der Waals surface area (Å²) in [5, 5.41) is 0. The summed E-state index contributed by atoms with van der Waals surface area (Å²) in [6, 6.07) is -0.00853. The Hall–Kier alpha value is 0.120. The minimum atomic E-state index is -3.16. The standard InChI is InChI=1S/C9H20N2O3S.ClH/c1-8(2)14-5-6-15(12,13)11-4-3-9(10)7-11;/h8-9H,3-7,10H2,1-2H3;1H. The van der Waals surface area contributed by atoms with Crippen molar-refractivity contribution >= 4 is 22.4 Å². The van der Waals surface area contributed by atoms with Crippen molar-refractivity contribution in [2.24, 2.45) is 5.73 Å². The molecule has 0 amide bonds. The third kappa shape index (κ3) is 4.97. The fourth-order valence-corrected chi connectivity index (χ4v) is 2.89. The van der Waals surface area contributed by atoms with E-state index in [4.69, 9.17) is 10.5 Å². The van der Waals surface area contributed by atoms with Crippen LogP contribution in [0.4, 0.5) is 0 Å². The molecule has 1 atom stereocenters. The number of hydrogen-bond acceptors (Lipinski definition) is 4. The second kappa shape index (κ2) is 6.76. The van der Waals surface area contributed by atoms with Gasteiger partial charge in [0.25, 0.3) is 0 Å². The summed E-state index contributed by atoms with van der Waals surface area (Å²) in [5.74, 6) is 0.0535. The third-order valence-corrected chi connectivity index (χ3v) is 4.17. The van der Waals surface area contributed by atoms with Crippen molar-refractivity contribution in [3.63, 3.8) is 0 Å². The van der Waals surface area contributed by atoms with Crippen molar-refractivity contribution < 1.29 is 13.2 Å². The zero-order valence-corrected chi connectivity index (χ0v) is 11.4. The molecule has 5 nitrogen and oxygen atoms in total. The lowest BCUT2D eigenvalue weighted by Gasteiger charge is -2.16. The Morgan fingerprint density at radius 1 is 1.50 bits per heavy atom. The Kier molecular flexibility index (Phi) is 6.81. The lowest BCUT2D eigenvalue weighted by molar-refractivity contribution is 0.0907. The molecule has 7 heteroatoms. The van der Waals surface area contributed by atoms with Crippen LogP contribution < -0.4 is 5.73 Å². The molecule has 1 aliphatic rings. The van der Waals surface area contributed by atoms with Gasteiger partial charge >= 0.3 is 0 Å². The molecule has 0 saturated carbocycles. The predicted octanol–water partition coefficient (Wildman–Crippen LogP) is 0.196. The van der Waals surface area contributed by atoms with Gasteiger partial charge in [0.1, 0.15) is 0 Å². The van der Waals surface area contributed by atoms with Crippen LogP contribution in [0.2, 0.25) is 0 Å². The largest absolute Gasteiger partial charge is 0.378 e. The van der Waals surface area contributed by atoms with Gasteiger partial charge < -0.3 is 10.5 Å². The molecule has 0 aromatic rings. The molecule has 1 unspecified atom stereocenters. The summed E-state index contributed by atoms with van der Waals surface area (Å²) in [4.78, 5) is 0. The number of hydrogen-bond donors (Lipinski definition) is 1. The van der Waals surface area contributed by atoms with E-state index in [2.05, 4.69) is 0 Å². The quantitative estimate of drug-likeness (QED) is 0.776. The van der Waals surface area contributed by atoms with Gasteiger partial charge in [-0.15, -0.1) is 12.4 Å². The number of rotatable bonds is 5. The van der Waals surface area contributed by atoms with E-state index in [9.17, 15) is 8.42 Å². The van der Waals surface area contributed by atoms with Crippen LogP contribution in [0.25, 0.3) is 0 Å². The molecular weight excluding hydrogens is 252 g/mol. The van der Waals surface area contributed by atoms with E-state index in [1.54, 1.807) is 0 Å². The van der Waals surface area contributed by atoms with Crippen LogP contribution >= 0.6 is 12.4 Å². The molecule has 98 valence electrons. The highest BCUT2D eigenvalue weighted by Crippen LogP contribution is 2.12. The average molecular weight is 273 g/mol. The first kappa shape index (κ1) is 16.1. The number of ether oxygens (including phenoxy) is 1. The van der Waals surface area contributed by atoms with Crippen LogP contribution in [0.1, 0.15) is 20.3 Å². The zero-order chi connectivity index (χ0) is 11.5.